The van der Waals surface area contributed by atoms with Gasteiger partial charge in [0.2, 0.25) is 0 Å². The Bertz CT molecular complexity index is 331. The molecule has 1 rings (SSSR count). The highest BCUT2D eigenvalue weighted by molar-refractivity contribution is 5.79. The van der Waals surface area contributed by atoms with E-state index in [0.717, 1.165) is 24.7 Å². The summed E-state index contributed by atoms with van der Waals surface area (Å²) in [6.45, 7) is 2.79. The van der Waals surface area contributed by atoms with E-state index in [1.807, 2.05) is 13.1 Å². The molecule has 0 atom stereocenters. The fourth-order valence-corrected chi connectivity index (χ4v) is 1.02. The number of hydrogen-bond donors (Lipinski definition) is 1. The maximum Gasteiger partial charge on any atom is 0.327 e. The van der Waals surface area contributed by atoms with E-state index in [1.54, 1.807) is 10.8 Å². The monoisotopic (exact) mass is 195 g/mol. The second kappa shape index (κ2) is 5.16. The van der Waals surface area contributed by atoms with Crippen LogP contribution in [0.25, 0.3) is 0 Å². The fraction of sp³-hybridized carbons (Fsp3) is 0.444. The second-order valence-corrected chi connectivity index (χ2v) is 2.84. The Labute approximate surface area is 82.0 Å². The lowest BCUT2D eigenvalue weighted by atomic mass is 10.2. The van der Waals surface area contributed by atoms with Crippen LogP contribution >= 0.6 is 0 Å². The standard InChI is InChI=1S/C9H13N3O2/c1-2-12-7-8(10-11-12)5-3-4-6-9(13)14/h4,6-7H,2-3,5H2,1H3,(H,13,14)/b6-4+. The molecule has 0 unspecified atom stereocenters. The third-order valence-corrected chi connectivity index (χ3v) is 1.74. The van der Waals surface area contributed by atoms with Crippen molar-refractivity contribution < 1.29 is 9.90 Å². The molecular formula is C9H13N3O2. The number of nitrogens with zero attached hydrogens (tertiary/aromatic N) is 3. The molecule has 0 aliphatic carbocycles. The smallest absolute Gasteiger partial charge is 0.327 e. The van der Waals surface area contributed by atoms with Crippen molar-refractivity contribution in [3.8, 4) is 0 Å². The molecule has 1 aromatic heterocycles. The Morgan fingerprint density at radius 3 is 3.07 bits per heavy atom. The third-order valence-electron chi connectivity index (χ3n) is 1.74. The zero-order valence-electron chi connectivity index (χ0n) is 8.05. The zero-order chi connectivity index (χ0) is 10.4. The van der Waals surface area contributed by atoms with Gasteiger partial charge in [-0.15, -0.1) is 5.10 Å². The summed E-state index contributed by atoms with van der Waals surface area (Å²) in [4.78, 5) is 10.1. The maximum absolute atomic E-state index is 10.1. The minimum Gasteiger partial charge on any atom is -0.478 e. The third kappa shape index (κ3) is 3.38. The van der Waals surface area contributed by atoms with Gasteiger partial charge in [-0.3, -0.25) is 4.68 Å². The van der Waals surface area contributed by atoms with E-state index in [1.165, 1.54) is 0 Å². The molecule has 1 aromatic rings. The molecule has 0 fully saturated rings. The maximum atomic E-state index is 10.1. The predicted molar refractivity (Wildman–Crippen MR) is 50.8 cm³/mol. The predicted octanol–water partition coefficient (Wildman–Crippen LogP) is 0.871. The molecule has 0 aliphatic heterocycles. The molecule has 0 aromatic carbocycles. The van der Waals surface area contributed by atoms with Gasteiger partial charge in [-0.05, 0) is 19.8 Å². The molecule has 0 aliphatic rings. The van der Waals surface area contributed by atoms with Gasteiger partial charge in [0, 0.05) is 18.8 Å². The molecule has 0 spiro atoms. The molecule has 0 saturated carbocycles. The van der Waals surface area contributed by atoms with Gasteiger partial charge in [0.05, 0.1) is 5.69 Å². The van der Waals surface area contributed by atoms with E-state index >= 15 is 0 Å². The number of rotatable bonds is 5. The highest BCUT2D eigenvalue weighted by atomic mass is 16.4. The molecule has 14 heavy (non-hydrogen) atoms. The van der Waals surface area contributed by atoms with E-state index < -0.39 is 5.97 Å². The van der Waals surface area contributed by atoms with Gasteiger partial charge in [-0.2, -0.15) is 0 Å². The minimum atomic E-state index is -0.915. The Morgan fingerprint density at radius 1 is 1.71 bits per heavy atom. The molecule has 1 heterocycles. The van der Waals surface area contributed by atoms with Crippen molar-refractivity contribution >= 4 is 5.97 Å². The summed E-state index contributed by atoms with van der Waals surface area (Å²) in [6.07, 6.45) is 6.03. The Kier molecular flexibility index (Phi) is 3.84. The van der Waals surface area contributed by atoms with E-state index in [2.05, 4.69) is 10.3 Å². The molecule has 5 heteroatoms. The minimum absolute atomic E-state index is 0.675. The van der Waals surface area contributed by atoms with Gasteiger partial charge < -0.3 is 5.11 Å². The summed E-state index contributed by atoms with van der Waals surface area (Å²) in [5.74, 6) is -0.915. The van der Waals surface area contributed by atoms with E-state index in [9.17, 15) is 4.79 Å². The molecule has 1 N–H and O–H groups in total. The summed E-state index contributed by atoms with van der Waals surface area (Å²) in [5.41, 5.74) is 0.891. The molecule has 76 valence electrons. The van der Waals surface area contributed by atoms with Gasteiger partial charge in [-0.1, -0.05) is 11.3 Å². The van der Waals surface area contributed by atoms with Crippen LogP contribution in [-0.4, -0.2) is 26.1 Å². The first-order valence-electron chi connectivity index (χ1n) is 4.51. The van der Waals surface area contributed by atoms with Crippen LogP contribution in [0.2, 0.25) is 0 Å². The van der Waals surface area contributed by atoms with Crippen molar-refractivity contribution in [2.24, 2.45) is 0 Å². The van der Waals surface area contributed by atoms with Crippen molar-refractivity contribution in [1.82, 2.24) is 15.0 Å². The van der Waals surface area contributed by atoms with E-state index in [-0.39, 0.29) is 0 Å². The first kappa shape index (κ1) is 10.4. The molecule has 0 amide bonds. The summed E-state index contributed by atoms with van der Waals surface area (Å²) < 4.78 is 1.75. The number of hydrogen-bond acceptors (Lipinski definition) is 3. The number of aliphatic carboxylic acids is 1. The van der Waals surface area contributed by atoms with Crippen LogP contribution in [0.15, 0.2) is 18.3 Å². The quantitative estimate of drug-likeness (QED) is 0.708. The average molecular weight is 195 g/mol. The number of carbonyl (C=O) groups is 1. The van der Waals surface area contributed by atoms with Crippen LogP contribution in [0.4, 0.5) is 0 Å². The number of carboxylic acid groups (broad SMARTS) is 1. The number of carboxylic acids is 1. The Morgan fingerprint density at radius 2 is 2.50 bits per heavy atom. The summed E-state index contributed by atoms with van der Waals surface area (Å²) in [5, 5.41) is 16.1. The Hall–Kier alpha value is -1.65. The van der Waals surface area contributed by atoms with Crippen LogP contribution in [0.5, 0.6) is 0 Å². The molecule has 5 nitrogen and oxygen atoms in total. The average Bonchev–Trinajstić information content (AvgIpc) is 2.60. The summed E-state index contributed by atoms with van der Waals surface area (Å²) in [6, 6.07) is 0. The molecular weight excluding hydrogens is 182 g/mol. The SMILES string of the molecule is CCn1cc(CC/C=C/C(=O)O)nn1. The first-order chi connectivity index (χ1) is 6.72. The number of allylic oxidation sites excluding steroid dienone is 1. The zero-order valence-corrected chi connectivity index (χ0v) is 8.05. The molecule has 0 bridgehead atoms. The lowest BCUT2D eigenvalue weighted by Gasteiger charge is -1.89. The number of aryl methyl sites for hydroxylation is 2. The Balaban J connectivity index is 2.34. The first-order valence-corrected chi connectivity index (χ1v) is 4.51. The van der Waals surface area contributed by atoms with Crippen LogP contribution in [0.1, 0.15) is 19.0 Å². The van der Waals surface area contributed by atoms with Crippen LogP contribution < -0.4 is 0 Å². The topological polar surface area (TPSA) is 68.0 Å². The van der Waals surface area contributed by atoms with Crippen LogP contribution in [-0.2, 0) is 17.8 Å². The van der Waals surface area contributed by atoms with Crippen LogP contribution in [0, 0.1) is 0 Å². The fourth-order valence-electron chi connectivity index (χ4n) is 1.02. The number of aromatic nitrogens is 3. The van der Waals surface area contributed by atoms with Gasteiger partial charge in [0.1, 0.15) is 0 Å². The van der Waals surface area contributed by atoms with Gasteiger partial charge in [0.25, 0.3) is 0 Å². The summed E-state index contributed by atoms with van der Waals surface area (Å²) >= 11 is 0. The molecule has 0 saturated heterocycles. The van der Waals surface area contributed by atoms with Crippen molar-refractivity contribution in [3.63, 3.8) is 0 Å². The lowest BCUT2D eigenvalue weighted by molar-refractivity contribution is -0.131. The highest BCUT2D eigenvalue weighted by Gasteiger charge is 1.97. The van der Waals surface area contributed by atoms with Gasteiger partial charge in [0.15, 0.2) is 0 Å². The van der Waals surface area contributed by atoms with E-state index in [4.69, 9.17) is 5.11 Å². The van der Waals surface area contributed by atoms with E-state index in [0.29, 0.717) is 6.42 Å². The highest BCUT2D eigenvalue weighted by Crippen LogP contribution is 1.98. The van der Waals surface area contributed by atoms with Crippen molar-refractivity contribution in [2.45, 2.75) is 26.3 Å². The van der Waals surface area contributed by atoms with Crippen molar-refractivity contribution in [1.29, 1.82) is 0 Å². The lowest BCUT2D eigenvalue weighted by Crippen LogP contribution is -1.93. The second-order valence-electron chi connectivity index (χ2n) is 2.84. The van der Waals surface area contributed by atoms with Crippen molar-refractivity contribution in [2.75, 3.05) is 0 Å². The van der Waals surface area contributed by atoms with Gasteiger partial charge >= 0.3 is 5.97 Å². The van der Waals surface area contributed by atoms with Crippen LogP contribution in [0.3, 0.4) is 0 Å². The largest absolute Gasteiger partial charge is 0.478 e. The summed E-state index contributed by atoms with van der Waals surface area (Å²) in [7, 11) is 0. The van der Waals surface area contributed by atoms with Gasteiger partial charge in [-0.25, -0.2) is 4.79 Å². The normalized spacial score (nSPS) is 10.9. The molecule has 0 radical (unpaired) electrons. The van der Waals surface area contributed by atoms with Crippen molar-refractivity contribution in [3.05, 3.63) is 24.0 Å².